The number of carbonyl (C=O) groups excluding carboxylic acids is 1. The van der Waals surface area contributed by atoms with E-state index in [1.54, 1.807) is 11.3 Å². The molecule has 0 spiro atoms. The number of hydrogen-bond donors (Lipinski definition) is 1. The van der Waals surface area contributed by atoms with E-state index in [9.17, 15) is 4.79 Å². The number of nitrogen functional groups attached to an aromatic ring is 1. The summed E-state index contributed by atoms with van der Waals surface area (Å²) >= 11 is 1.57. The third kappa shape index (κ3) is 2.40. The van der Waals surface area contributed by atoms with Gasteiger partial charge in [-0.3, -0.25) is 4.79 Å². The molecule has 4 heteroatoms. The molecule has 106 valence electrons. The minimum absolute atomic E-state index is 0.180. The van der Waals surface area contributed by atoms with Crippen LogP contribution in [0.5, 0.6) is 0 Å². The van der Waals surface area contributed by atoms with Gasteiger partial charge in [0.15, 0.2) is 0 Å². The summed E-state index contributed by atoms with van der Waals surface area (Å²) in [4.78, 5) is 15.6. The van der Waals surface area contributed by atoms with Gasteiger partial charge in [0, 0.05) is 23.0 Å². The fraction of sp³-hybridized carbons (Fsp3) is 0.438. The average molecular weight is 288 g/mol. The van der Waals surface area contributed by atoms with Crippen molar-refractivity contribution in [2.75, 3.05) is 12.3 Å². The topological polar surface area (TPSA) is 46.3 Å². The molecule has 0 unspecified atom stereocenters. The quantitative estimate of drug-likeness (QED) is 0.871. The summed E-state index contributed by atoms with van der Waals surface area (Å²) in [6.45, 7) is 2.86. The maximum absolute atomic E-state index is 12.7. The van der Waals surface area contributed by atoms with Gasteiger partial charge in [-0.1, -0.05) is 12.8 Å². The first-order valence-electron chi connectivity index (χ1n) is 7.29. The fourth-order valence-electron chi connectivity index (χ4n) is 3.09. The molecule has 1 fully saturated rings. The molecule has 1 amide bonds. The molecule has 2 N–H and O–H groups in total. The SMILES string of the molecule is CCN(C(=O)c1cc2cc(N)ccc2s1)C1CCCC1. The summed E-state index contributed by atoms with van der Waals surface area (Å²) in [5, 5.41) is 1.07. The molecule has 1 aliphatic carbocycles. The molecule has 0 bridgehead atoms. The zero-order valence-corrected chi connectivity index (χ0v) is 12.6. The summed E-state index contributed by atoms with van der Waals surface area (Å²) in [5.41, 5.74) is 6.55. The van der Waals surface area contributed by atoms with Gasteiger partial charge in [-0.2, -0.15) is 0 Å². The largest absolute Gasteiger partial charge is 0.399 e. The van der Waals surface area contributed by atoms with Gasteiger partial charge >= 0.3 is 0 Å². The molecule has 1 aromatic carbocycles. The Balaban J connectivity index is 1.90. The molecule has 1 saturated carbocycles. The summed E-state index contributed by atoms with van der Waals surface area (Å²) in [5.74, 6) is 0.180. The normalized spacial score (nSPS) is 15.8. The minimum atomic E-state index is 0.180. The third-order valence-electron chi connectivity index (χ3n) is 4.12. The Kier molecular flexibility index (Phi) is 3.66. The standard InChI is InChI=1S/C16H20N2OS/c1-2-18(13-5-3-4-6-13)16(19)15-10-11-9-12(17)7-8-14(11)20-15/h7-10,13H,2-6,17H2,1H3. The van der Waals surface area contributed by atoms with Crippen molar-refractivity contribution in [1.82, 2.24) is 4.90 Å². The van der Waals surface area contributed by atoms with Gasteiger partial charge in [0.05, 0.1) is 4.88 Å². The van der Waals surface area contributed by atoms with Crippen LogP contribution in [-0.2, 0) is 0 Å². The van der Waals surface area contributed by atoms with Crippen LogP contribution in [0.15, 0.2) is 24.3 Å². The highest BCUT2D eigenvalue weighted by Gasteiger charge is 2.27. The molecule has 20 heavy (non-hydrogen) atoms. The Morgan fingerprint density at radius 3 is 2.80 bits per heavy atom. The highest BCUT2D eigenvalue weighted by molar-refractivity contribution is 7.20. The Morgan fingerprint density at radius 1 is 1.35 bits per heavy atom. The van der Waals surface area contributed by atoms with Crippen molar-refractivity contribution < 1.29 is 4.79 Å². The Labute approximate surface area is 123 Å². The molecular weight excluding hydrogens is 268 g/mol. The lowest BCUT2D eigenvalue weighted by atomic mass is 10.2. The number of amides is 1. The molecule has 0 aliphatic heterocycles. The van der Waals surface area contributed by atoms with Crippen molar-refractivity contribution in [2.45, 2.75) is 38.6 Å². The van der Waals surface area contributed by atoms with E-state index in [-0.39, 0.29) is 5.91 Å². The van der Waals surface area contributed by atoms with Gasteiger partial charge < -0.3 is 10.6 Å². The van der Waals surface area contributed by atoms with E-state index < -0.39 is 0 Å². The van der Waals surface area contributed by atoms with E-state index in [2.05, 4.69) is 6.92 Å². The summed E-state index contributed by atoms with van der Waals surface area (Å²) in [6, 6.07) is 8.24. The lowest BCUT2D eigenvalue weighted by molar-refractivity contribution is 0.0698. The van der Waals surface area contributed by atoms with Gasteiger partial charge in [0.1, 0.15) is 0 Å². The van der Waals surface area contributed by atoms with E-state index in [4.69, 9.17) is 5.73 Å². The molecule has 1 aromatic heterocycles. The first-order valence-corrected chi connectivity index (χ1v) is 8.10. The molecule has 1 aliphatic rings. The zero-order valence-electron chi connectivity index (χ0n) is 11.8. The fourth-order valence-corrected chi connectivity index (χ4v) is 4.09. The van der Waals surface area contributed by atoms with Gasteiger partial charge in [0.25, 0.3) is 5.91 Å². The molecule has 0 saturated heterocycles. The molecule has 2 aromatic rings. The molecule has 3 rings (SSSR count). The van der Waals surface area contributed by atoms with Crippen molar-refractivity contribution in [2.24, 2.45) is 0 Å². The van der Waals surface area contributed by atoms with Crippen molar-refractivity contribution in [3.8, 4) is 0 Å². The number of anilines is 1. The van der Waals surface area contributed by atoms with E-state index in [0.29, 0.717) is 6.04 Å². The number of benzene rings is 1. The van der Waals surface area contributed by atoms with Crippen LogP contribution in [0, 0.1) is 0 Å². The number of fused-ring (bicyclic) bond motifs is 1. The molecule has 0 radical (unpaired) electrons. The van der Waals surface area contributed by atoms with Crippen LogP contribution in [0.25, 0.3) is 10.1 Å². The van der Waals surface area contributed by atoms with Gasteiger partial charge in [-0.05, 0) is 49.4 Å². The molecular formula is C16H20N2OS. The number of nitrogens with two attached hydrogens (primary N) is 1. The molecule has 1 heterocycles. The lowest BCUT2D eigenvalue weighted by Gasteiger charge is -2.27. The lowest BCUT2D eigenvalue weighted by Crippen LogP contribution is -2.38. The van der Waals surface area contributed by atoms with E-state index in [1.165, 1.54) is 12.8 Å². The maximum Gasteiger partial charge on any atom is 0.264 e. The third-order valence-corrected chi connectivity index (χ3v) is 5.22. The summed E-state index contributed by atoms with van der Waals surface area (Å²) in [7, 11) is 0. The Bertz CT molecular complexity index is 628. The predicted molar refractivity (Wildman–Crippen MR) is 85.2 cm³/mol. The Morgan fingerprint density at radius 2 is 2.10 bits per heavy atom. The number of nitrogens with zero attached hydrogens (tertiary/aromatic N) is 1. The molecule has 3 nitrogen and oxygen atoms in total. The molecule has 0 atom stereocenters. The second kappa shape index (κ2) is 5.44. The predicted octanol–water partition coefficient (Wildman–Crippen LogP) is 3.89. The number of hydrogen-bond acceptors (Lipinski definition) is 3. The number of carbonyl (C=O) groups is 1. The minimum Gasteiger partial charge on any atom is -0.399 e. The summed E-state index contributed by atoms with van der Waals surface area (Å²) in [6.07, 6.45) is 4.80. The van der Waals surface area contributed by atoms with Crippen LogP contribution >= 0.6 is 11.3 Å². The van der Waals surface area contributed by atoms with Crippen LogP contribution in [0.4, 0.5) is 5.69 Å². The van der Waals surface area contributed by atoms with Crippen LogP contribution in [-0.4, -0.2) is 23.4 Å². The highest BCUT2D eigenvalue weighted by Crippen LogP contribution is 2.30. The van der Waals surface area contributed by atoms with Crippen molar-refractivity contribution in [3.05, 3.63) is 29.1 Å². The first-order chi connectivity index (χ1) is 9.69. The first kappa shape index (κ1) is 13.4. The highest BCUT2D eigenvalue weighted by atomic mass is 32.1. The van der Waals surface area contributed by atoms with E-state index in [1.807, 2.05) is 29.2 Å². The van der Waals surface area contributed by atoms with E-state index in [0.717, 1.165) is 40.0 Å². The van der Waals surface area contributed by atoms with Crippen LogP contribution in [0.1, 0.15) is 42.3 Å². The average Bonchev–Trinajstić information content (AvgIpc) is 3.07. The number of rotatable bonds is 3. The van der Waals surface area contributed by atoms with Crippen molar-refractivity contribution >= 4 is 33.0 Å². The number of thiophene rings is 1. The Hall–Kier alpha value is -1.55. The maximum atomic E-state index is 12.7. The van der Waals surface area contributed by atoms with Crippen LogP contribution in [0.2, 0.25) is 0 Å². The summed E-state index contributed by atoms with van der Waals surface area (Å²) < 4.78 is 1.13. The van der Waals surface area contributed by atoms with Crippen molar-refractivity contribution in [3.63, 3.8) is 0 Å². The zero-order chi connectivity index (χ0) is 14.1. The second-order valence-corrected chi connectivity index (χ2v) is 6.52. The smallest absolute Gasteiger partial charge is 0.264 e. The van der Waals surface area contributed by atoms with Gasteiger partial charge in [0.2, 0.25) is 0 Å². The van der Waals surface area contributed by atoms with Gasteiger partial charge in [-0.25, -0.2) is 0 Å². The van der Waals surface area contributed by atoms with Crippen LogP contribution < -0.4 is 5.73 Å². The monoisotopic (exact) mass is 288 g/mol. The van der Waals surface area contributed by atoms with Gasteiger partial charge in [-0.15, -0.1) is 11.3 Å². The second-order valence-electron chi connectivity index (χ2n) is 5.44. The van der Waals surface area contributed by atoms with Crippen molar-refractivity contribution in [1.29, 1.82) is 0 Å². The van der Waals surface area contributed by atoms with E-state index >= 15 is 0 Å². The van der Waals surface area contributed by atoms with Crippen LogP contribution in [0.3, 0.4) is 0 Å².